The molecule has 0 aliphatic heterocycles. The standard InChI is InChI=1S/C40H25NO/c1-2-10-26(11-3-1)27-18-20-28(21-19-27)35-25-30(24-29-12-4-5-13-31(29)35)41-36-16-8-6-15-34(36)39-37(41)23-22-33-32-14-7-9-17-38(32)42-40(33)39/h1-25H. The van der Waals surface area contributed by atoms with Gasteiger partial charge in [-0.3, -0.25) is 0 Å². The van der Waals surface area contributed by atoms with Gasteiger partial charge in [-0.25, -0.2) is 0 Å². The third-order valence-electron chi connectivity index (χ3n) is 8.59. The van der Waals surface area contributed by atoms with Gasteiger partial charge in [0.1, 0.15) is 11.2 Å². The summed E-state index contributed by atoms with van der Waals surface area (Å²) in [4.78, 5) is 0. The topological polar surface area (TPSA) is 18.1 Å². The molecule has 0 unspecified atom stereocenters. The molecule has 0 amide bonds. The van der Waals surface area contributed by atoms with Crippen molar-refractivity contribution in [3.8, 4) is 27.9 Å². The number of nitrogens with zero attached hydrogens (tertiary/aromatic N) is 1. The van der Waals surface area contributed by atoms with Crippen molar-refractivity contribution in [2.75, 3.05) is 0 Å². The highest BCUT2D eigenvalue weighted by Crippen LogP contribution is 2.42. The number of aromatic nitrogens is 1. The van der Waals surface area contributed by atoms with E-state index in [1.54, 1.807) is 0 Å². The van der Waals surface area contributed by atoms with Crippen molar-refractivity contribution >= 4 is 54.5 Å². The van der Waals surface area contributed by atoms with Crippen LogP contribution in [0, 0.1) is 0 Å². The van der Waals surface area contributed by atoms with E-state index in [1.807, 2.05) is 6.07 Å². The van der Waals surface area contributed by atoms with Crippen LogP contribution >= 0.6 is 0 Å². The molecule has 0 spiro atoms. The van der Waals surface area contributed by atoms with Gasteiger partial charge in [0.15, 0.2) is 0 Å². The molecule has 0 bridgehead atoms. The Hall–Kier alpha value is -5.60. The summed E-state index contributed by atoms with van der Waals surface area (Å²) in [5, 5.41) is 7.11. The molecule has 0 saturated heterocycles. The molecule has 0 atom stereocenters. The Bertz CT molecular complexity index is 2440. The Labute approximate surface area is 242 Å². The molecule has 9 aromatic rings. The zero-order chi connectivity index (χ0) is 27.6. The Morgan fingerprint density at radius 1 is 0.429 bits per heavy atom. The first-order valence-corrected chi connectivity index (χ1v) is 14.4. The van der Waals surface area contributed by atoms with E-state index in [2.05, 4.69) is 150 Å². The molecule has 7 aromatic carbocycles. The van der Waals surface area contributed by atoms with Gasteiger partial charge < -0.3 is 8.98 Å². The molecule has 0 fully saturated rings. The monoisotopic (exact) mass is 535 g/mol. The van der Waals surface area contributed by atoms with Crippen LogP contribution in [-0.2, 0) is 0 Å². The number of hydrogen-bond acceptors (Lipinski definition) is 1. The average Bonchev–Trinajstić information content (AvgIpc) is 3.60. The van der Waals surface area contributed by atoms with E-state index in [1.165, 1.54) is 43.9 Å². The first kappa shape index (κ1) is 23.1. The first-order valence-electron chi connectivity index (χ1n) is 14.4. The van der Waals surface area contributed by atoms with E-state index in [4.69, 9.17) is 4.42 Å². The second-order valence-corrected chi connectivity index (χ2v) is 10.9. The van der Waals surface area contributed by atoms with Gasteiger partial charge in [-0.1, -0.05) is 115 Å². The van der Waals surface area contributed by atoms with Crippen LogP contribution in [0.3, 0.4) is 0 Å². The van der Waals surface area contributed by atoms with Crippen LogP contribution in [-0.4, -0.2) is 4.57 Å². The molecular formula is C40H25NO. The summed E-state index contributed by atoms with van der Waals surface area (Å²) in [7, 11) is 0. The SMILES string of the molecule is c1ccc(-c2ccc(-c3cc(-n4c5ccccc5c5c6oc7ccccc7c6ccc54)cc4ccccc34)cc2)cc1. The summed E-state index contributed by atoms with van der Waals surface area (Å²) < 4.78 is 8.92. The smallest absolute Gasteiger partial charge is 0.145 e. The van der Waals surface area contributed by atoms with Crippen LogP contribution in [0.15, 0.2) is 156 Å². The zero-order valence-electron chi connectivity index (χ0n) is 22.8. The number of rotatable bonds is 3. The van der Waals surface area contributed by atoms with Crippen molar-refractivity contribution in [3.05, 3.63) is 152 Å². The molecule has 0 N–H and O–H groups in total. The van der Waals surface area contributed by atoms with E-state index in [9.17, 15) is 0 Å². The van der Waals surface area contributed by atoms with Crippen molar-refractivity contribution in [2.45, 2.75) is 0 Å². The van der Waals surface area contributed by atoms with Gasteiger partial charge in [0.05, 0.1) is 16.4 Å². The predicted molar refractivity (Wildman–Crippen MR) is 176 cm³/mol. The minimum atomic E-state index is 0.920. The molecule has 9 rings (SSSR count). The summed E-state index contributed by atoms with van der Waals surface area (Å²) >= 11 is 0. The fourth-order valence-electron chi connectivity index (χ4n) is 6.65. The van der Waals surface area contributed by atoms with Crippen molar-refractivity contribution in [1.29, 1.82) is 0 Å². The minimum absolute atomic E-state index is 0.920. The number of hydrogen-bond donors (Lipinski definition) is 0. The van der Waals surface area contributed by atoms with Crippen LogP contribution in [0.4, 0.5) is 0 Å². The second kappa shape index (κ2) is 8.95. The third kappa shape index (κ3) is 3.39. The number of benzene rings is 7. The maximum Gasteiger partial charge on any atom is 0.145 e. The van der Waals surface area contributed by atoms with Crippen LogP contribution in [0.2, 0.25) is 0 Å². The van der Waals surface area contributed by atoms with Crippen LogP contribution < -0.4 is 0 Å². The van der Waals surface area contributed by atoms with Crippen molar-refractivity contribution in [1.82, 2.24) is 4.57 Å². The van der Waals surface area contributed by atoms with Gasteiger partial charge in [0, 0.05) is 21.8 Å². The summed E-state index contributed by atoms with van der Waals surface area (Å²) in [6, 6.07) is 54.3. The zero-order valence-corrected chi connectivity index (χ0v) is 22.8. The van der Waals surface area contributed by atoms with Crippen molar-refractivity contribution in [3.63, 3.8) is 0 Å². The quantitative estimate of drug-likeness (QED) is 0.220. The number of para-hydroxylation sites is 2. The van der Waals surface area contributed by atoms with Crippen molar-refractivity contribution < 1.29 is 4.42 Å². The van der Waals surface area contributed by atoms with E-state index in [0.717, 1.165) is 38.5 Å². The minimum Gasteiger partial charge on any atom is -0.455 e. The Balaban J connectivity index is 1.32. The number of fused-ring (bicyclic) bond motifs is 8. The van der Waals surface area contributed by atoms with Crippen LogP contribution in [0.1, 0.15) is 0 Å². The normalized spacial score (nSPS) is 11.8. The van der Waals surface area contributed by atoms with Gasteiger partial charge in [-0.15, -0.1) is 0 Å². The molecular weight excluding hydrogens is 510 g/mol. The fraction of sp³-hybridized carbons (Fsp3) is 0. The van der Waals surface area contributed by atoms with E-state index >= 15 is 0 Å². The molecule has 2 nitrogen and oxygen atoms in total. The maximum absolute atomic E-state index is 6.52. The number of furan rings is 1. The Morgan fingerprint density at radius 2 is 1.10 bits per heavy atom. The highest BCUT2D eigenvalue weighted by Gasteiger charge is 2.19. The average molecular weight is 536 g/mol. The lowest BCUT2D eigenvalue weighted by molar-refractivity contribution is 0.673. The van der Waals surface area contributed by atoms with Gasteiger partial charge in [-0.05, 0) is 69.4 Å². The molecule has 0 aliphatic rings. The van der Waals surface area contributed by atoms with Crippen LogP contribution in [0.5, 0.6) is 0 Å². The highest BCUT2D eigenvalue weighted by molar-refractivity contribution is 6.24. The molecule has 0 aliphatic carbocycles. The first-order chi connectivity index (χ1) is 20.8. The lowest BCUT2D eigenvalue weighted by Crippen LogP contribution is -1.95. The molecule has 42 heavy (non-hydrogen) atoms. The predicted octanol–water partition coefficient (Wildman–Crippen LogP) is 11.2. The second-order valence-electron chi connectivity index (χ2n) is 10.9. The van der Waals surface area contributed by atoms with Gasteiger partial charge in [0.2, 0.25) is 0 Å². The molecule has 196 valence electrons. The van der Waals surface area contributed by atoms with Crippen LogP contribution in [0.25, 0.3) is 82.5 Å². The largest absolute Gasteiger partial charge is 0.455 e. The lowest BCUT2D eigenvalue weighted by atomic mass is 9.95. The lowest BCUT2D eigenvalue weighted by Gasteiger charge is -2.14. The Kier molecular flexibility index (Phi) is 4.93. The molecule has 2 heteroatoms. The fourth-order valence-corrected chi connectivity index (χ4v) is 6.65. The van der Waals surface area contributed by atoms with Gasteiger partial charge in [-0.2, -0.15) is 0 Å². The highest BCUT2D eigenvalue weighted by atomic mass is 16.3. The summed E-state index contributed by atoms with van der Waals surface area (Å²) in [5.41, 5.74) is 10.2. The van der Waals surface area contributed by atoms with Gasteiger partial charge >= 0.3 is 0 Å². The molecule has 0 saturated carbocycles. The summed E-state index contributed by atoms with van der Waals surface area (Å²) in [6.07, 6.45) is 0. The maximum atomic E-state index is 6.52. The molecule has 2 heterocycles. The van der Waals surface area contributed by atoms with E-state index in [0.29, 0.717) is 0 Å². The summed E-state index contributed by atoms with van der Waals surface area (Å²) in [5.74, 6) is 0. The summed E-state index contributed by atoms with van der Waals surface area (Å²) in [6.45, 7) is 0. The third-order valence-corrected chi connectivity index (χ3v) is 8.59. The van der Waals surface area contributed by atoms with E-state index < -0.39 is 0 Å². The molecule has 0 radical (unpaired) electrons. The van der Waals surface area contributed by atoms with Gasteiger partial charge in [0.25, 0.3) is 0 Å². The van der Waals surface area contributed by atoms with E-state index in [-0.39, 0.29) is 0 Å². The Morgan fingerprint density at radius 3 is 1.95 bits per heavy atom. The van der Waals surface area contributed by atoms with Crippen molar-refractivity contribution in [2.24, 2.45) is 0 Å². The molecule has 2 aromatic heterocycles.